The van der Waals surface area contributed by atoms with Crippen molar-refractivity contribution in [1.82, 2.24) is 5.06 Å². The average Bonchev–Trinajstić information content (AvgIpc) is 3.85. The molecule has 3 heterocycles. The van der Waals surface area contributed by atoms with Crippen LogP contribution in [0.3, 0.4) is 0 Å². The van der Waals surface area contributed by atoms with E-state index in [1.165, 1.54) is 37.4 Å². The van der Waals surface area contributed by atoms with Crippen LogP contribution in [0.4, 0.5) is 11.4 Å². The van der Waals surface area contributed by atoms with Crippen LogP contribution in [0.2, 0.25) is 0 Å². The Kier molecular flexibility index (Phi) is 21.8. The number of hydrogen-bond acceptors (Lipinski definition) is 21. The normalized spacial score (nSPS) is 19.8. The molecule has 26 heteroatoms. The van der Waals surface area contributed by atoms with Crippen LogP contribution in [-0.2, 0) is 93.6 Å². The number of anilines is 1. The first-order valence-electron chi connectivity index (χ1n) is 23.4. The molecule has 0 spiro atoms. The summed E-state index contributed by atoms with van der Waals surface area (Å²) in [7, 11) is -11.4. The molecule has 0 radical (unpaired) electrons. The molecule has 2 atom stereocenters. The van der Waals surface area contributed by atoms with Crippen LogP contribution in [0.15, 0.2) is 70.1 Å². The third kappa shape index (κ3) is 16.2. The SMILES string of the molecule is COCCOCCOCC[N+]1=C(/C=C/C=C2/N(CCOCCOCCOCCC(=O)ON3C(=O)CCC3=O)c3ccc(S(=O)(=O)[O-])cc3C2(C)CCOC)C(C)(CCCS(=O)(=O)[O-])c2cc(S(=O)(=O)[O-])ccc21. The smallest absolute Gasteiger partial charge is 0.335 e. The number of fused-ring (bicyclic) bond motifs is 2. The summed E-state index contributed by atoms with van der Waals surface area (Å²) in [5.41, 5.74) is 1.20. The second kappa shape index (κ2) is 26.8. The molecule has 3 aliphatic heterocycles. The number of hydroxylamine groups is 2. The van der Waals surface area contributed by atoms with Gasteiger partial charge in [0.25, 0.3) is 11.8 Å². The van der Waals surface area contributed by atoms with Gasteiger partial charge in [-0.1, -0.05) is 6.08 Å². The first kappa shape index (κ1) is 59.3. The van der Waals surface area contributed by atoms with Crippen LogP contribution in [0.25, 0.3) is 0 Å². The van der Waals surface area contributed by atoms with Gasteiger partial charge in [0.15, 0.2) is 12.3 Å². The van der Waals surface area contributed by atoms with Gasteiger partial charge in [-0.05, 0) is 75.1 Å². The number of amides is 2. The van der Waals surface area contributed by atoms with E-state index in [1.807, 2.05) is 22.5 Å². The van der Waals surface area contributed by atoms with Gasteiger partial charge in [0.05, 0.1) is 97.8 Å². The molecule has 406 valence electrons. The highest BCUT2D eigenvalue weighted by molar-refractivity contribution is 7.86. The fourth-order valence-electron chi connectivity index (χ4n) is 8.80. The molecule has 0 N–H and O–H groups in total. The van der Waals surface area contributed by atoms with Crippen LogP contribution in [-0.4, -0.2) is 184 Å². The maximum Gasteiger partial charge on any atom is 0.335 e. The Balaban J connectivity index is 1.39. The van der Waals surface area contributed by atoms with Gasteiger partial charge in [0.2, 0.25) is 5.69 Å². The highest BCUT2D eigenvalue weighted by atomic mass is 32.2. The Bertz CT molecular complexity index is 2690. The van der Waals surface area contributed by atoms with E-state index in [0.29, 0.717) is 58.6 Å². The number of ether oxygens (including phenoxy) is 7. The van der Waals surface area contributed by atoms with E-state index < -0.39 is 74.5 Å². The van der Waals surface area contributed by atoms with Gasteiger partial charge in [-0.15, -0.1) is 5.06 Å². The van der Waals surface area contributed by atoms with Crippen molar-refractivity contribution in [2.75, 3.05) is 117 Å². The summed E-state index contributed by atoms with van der Waals surface area (Å²) in [6.45, 7) is 6.56. The molecule has 3 aliphatic rings. The molecule has 2 aromatic rings. The predicted octanol–water partition coefficient (Wildman–Crippen LogP) is 2.16. The van der Waals surface area contributed by atoms with Crippen LogP contribution < -0.4 is 4.90 Å². The number of hydrogen-bond donors (Lipinski definition) is 0. The minimum absolute atomic E-state index is 0.0130. The number of methoxy groups -OCH3 is 2. The predicted molar refractivity (Wildman–Crippen MR) is 256 cm³/mol. The van der Waals surface area contributed by atoms with Crippen molar-refractivity contribution in [3.63, 3.8) is 0 Å². The molecule has 73 heavy (non-hydrogen) atoms. The van der Waals surface area contributed by atoms with Gasteiger partial charge in [-0.2, -0.15) is 4.58 Å². The van der Waals surface area contributed by atoms with Crippen LogP contribution in [0.1, 0.15) is 63.5 Å². The largest absolute Gasteiger partial charge is 0.748 e. The van der Waals surface area contributed by atoms with E-state index in [2.05, 4.69) is 0 Å². The standard InChI is InChI=1S/C47H65N3O20S3/c1-46(16-6-32-71(54,55)56)37-33-35(72(57,58)59)9-11-39(37)48(18-22-66-27-30-68-25-24-64-4)41(46)7-5-8-42-47(2,17-21-63-3)38-34-36(73(60,61)62)10-12-40(38)49(42)19-23-67-28-31-69-29-26-65-20-15-45(53)70-50-43(51)13-14-44(50)52/h5,7-12,33-34H,6,13-32H2,1-4H3,(H2-,54,55,56,57,58,59,60,61,62)/p-2. The van der Waals surface area contributed by atoms with Crippen molar-refractivity contribution in [3.05, 3.63) is 71.5 Å². The number of carbonyl (C=O) groups excluding carboxylic acids is 3. The lowest BCUT2D eigenvalue weighted by Gasteiger charge is -2.30. The number of imide groups is 1. The number of rotatable bonds is 33. The van der Waals surface area contributed by atoms with Crippen LogP contribution in [0, 0.1) is 0 Å². The Morgan fingerprint density at radius 3 is 1.82 bits per heavy atom. The summed E-state index contributed by atoms with van der Waals surface area (Å²) < 4.78 is 150. The van der Waals surface area contributed by atoms with Gasteiger partial charge in [-0.3, -0.25) is 9.59 Å². The number of carbonyl (C=O) groups is 3. The molecular formula is C47H63N3O20S3-2. The van der Waals surface area contributed by atoms with Crippen molar-refractivity contribution in [2.24, 2.45) is 0 Å². The highest BCUT2D eigenvalue weighted by Gasteiger charge is 2.48. The van der Waals surface area contributed by atoms with E-state index in [9.17, 15) is 53.3 Å². The molecular weight excluding hydrogens is 1020 g/mol. The Hall–Kier alpha value is -4.55. The van der Waals surface area contributed by atoms with E-state index in [4.69, 9.17) is 38.0 Å². The third-order valence-corrected chi connectivity index (χ3v) is 14.9. The zero-order valence-corrected chi connectivity index (χ0v) is 43.7. The average molecular weight is 1090 g/mol. The molecule has 2 amide bonds. The maximum absolute atomic E-state index is 12.3. The van der Waals surface area contributed by atoms with Crippen molar-refractivity contribution in [1.29, 1.82) is 0 Å². The molecule has 0 bridgehead atoms. The topological polar surface area (TPSA) is 306 Å². The summed E-state index contributed by atoms with van der Waals surface area (Å²) in [6.07, 6.45) is 5.39. The third-order valence-electron chi connectivity index (χ3n) is 12.5. The van der Waals surface area contributed by atoms with Crippen LogP contribution >= 0.6 is 0 Å². The van der Waals surface area contributed by atoms with E-state index in [1.54, 1.807) is 32.3 Å². The van der Waals surface area contributed by atoms with E-state index in [-0.39, 0.29) is 111 Å². The molecule has 1 fully saturated rings. The van der Waals surface area contributed by atoms with E-state index >= 15 is 0 Å². The summed E-state index contributed by atoms with van der Waals surface area (Å²) in [6, 6.07) is 8.12. The summed E-state index contributed by atoms with van der Waals surface area (Å²) in [5, 5.41) is 0.470. The monoisotopic (exact) mass is 1090 g/mol. The molecule has 2 unspecified atom stereocenters. The highest BCUT2D eigenvalue weighted by Crippen LogP contribution is 2.51. The second-order valence-corrected chi connectivity index (χ2v) is 21.8. The van der Waals surface area contributed by atoms with Gasteiger partial charge in [-0.25, -0.2) is 30.0 Å². The molecule has 0 saturated carbocycles. The first-order valence-corrected chi connectivity index (χ1v) is 27.8. The van der Waals surface area contributed by atoms with Gasteiger partial charge in [0, 0.05) is 80.5 Å². The molecule has 5 rings (SSSR count). The molecule has 0 aromatic heterocycles. The van der Waals surface area contributed by atoms with Crippen molar-refractivity contribution in [2.45, 2.75) is 73.0 Å². The quantitative estimate of drug-likeness (QED) is 0.0428. The fourth-order valence-corrected chi connectivity index (χ4v) is 10.3. The minimum Gasteiger partial charge on any atom is -0.748 e. The van der Waals surface area contributed by atoms with Gasteiger partial charge < -0.3 is 56.6 Å². The fraction of sp³-hybridized carbons (Fsp3) is 0.574. The Morgan fingerprint density at radius 1 is 0.685 bits per heavy atom. The summed E-state index contributed by atoms with van der Waals surface area (Å²) >= 11 is 0. The molecule has 1 saturated heterocycles. The lowest BCUT2D eigenvalue weighted by Crippen LogP contribution is -2.33. The Labute approximate surface area is 426 Å². The van der Waals surface area contributed by atoms with Crippen molar-refractivity contribution < 1.29 is 95.9 Å². The zero-order valence-electron chi connectivity index (χ0n) is 41.3. The van der Waals surface area contributed by atoms with Gasteiger partial charge >= 0.3 is 5.97 Å². The van der Waals surface area contributed by atoms with Crippen LogP contribution in [0.5, 0.6) is 0 Å². The minimum atomic E-state index is -4.93. The molecule has 23 nitrogen and oxygen atoms in total. The summed E-state index contributed by atoms with van der Waals surface area (Å²) in [4.78, 5) is 41.1. The zero-order chi connectivity index (χ0) is 53.5. The second-order valence-electron chi connectivity index (χ2n) is 17.5. The first-order chi connectivity index (χ1) is 34.5. The number of nitrogens with zero attached hydrogens (tertiary/aromatic N) is 3. The lowest BCUT2D eigenvalue weighted by atomic mass is 9.75. The van der Waals surface area contributed by atoms with Crippen molar-refractivity contribution in [3.8, 4) is 0 Å². The maximum atomic E-state index is 12.3. The molecule has 0 aliphatic carbocycles. The number of benzene rings is 2. The lowest BCUT2D eigenvalue weighted by molar-refractivity contribution is -0.442. The summed E-state index contributed by atoms with van der Waals surface area (Å²) in [5.74, 6) is -2.64. The number of allylic oxidation sites excluding steroid dienone is 4. The molecule has 2 aromatic carbocycles. The van der Waals surface area contributed by atoms with E-state index in [0.717, 1.165) is 0 Å². The van der Waals surface area contributed by atoms with Crippen molar-refractivity contribution >= 4 is 65.2 Å². The Morgan fingerprint density at radius 2 is 1.23 bits per heavy atom. The van der Waals surface area contributed by atoms with Gasteiger partial charge in [0.1, 0.15) is 26.8 Å².